The van der Waals surface area contributed by atoms with Crippen LogP contribution in [0.4, 0.5) is 5.95 Å². The minimum Gasteiger partial charge on any atom is -0.308 e. The number of aromatic nitrogens is 2. The molecular weight excluding hydrogens is 510 g/mol. The molecule has 0 unspecified atom stereocenters. The summed E-state index contributed by atoms with van der Waals surface area (Å²) in [6, 6.07) is 22.4. The molecule has 3 aromatic carbocycles. The molecule has 1 heterocycles. The lowest BCUT2D eigenvalue weighted by molar-refractivity contribution is -0.116. The number of amides is 1. The van der Waals surface area contributed by atoms with Crippen LogP contribution in [0.25, 0.3) is 16.9 Å². The van der Waals surface area contributed by atoms with Gasteiger partial charge in [-0.2, -0.15) is 4.31 Å². The molecule has 4 rings (SSSR count). The molecular formula is C30H35N5O3S. The van der Waals surface area contributed by atoms with Crippen molar-refractivity contribution in [3.05, 3.63) is 95.7 Å². The van der Waals surface area contributed by atoms with E-state index in [2.05, 4.69) is 5.32 Å². The molecule has 0 bridgehead atoms. The Morgan fingerprint density at radius 1 is 0.897 bits per heavy atom. The third-order valence-electron chi connectivity index (χ3n) is 6.57. The van der Waals surface area contributed by atoms with E-state index in [9.17, 15) is 13.2 Å². The van der Waals surface area contributed by atoms with E-state index >= 15 is 0 Å². The molecule has 0 saturated heterocycles. The van der Waals surface area contributed by atoms with E-state index in [1.165, 1.54) is 4.31 Å². The van der Waals surface area contributed by atoms with Crippen molar-refractivity contribution in [2.24, 2.45) is 0 Å². The Hall–Kier alpha value is -3.79. The standard InChI is InChI=1S/C30H35N5O3S/c1-22-11-15-27(16-12-22)39(37,38)34(18-17-33(4)5)21-29(36)32-30-31-28(25-9-7-6-8-10-25)20-35(30)26-14-13-23(2)24(3)19-26/h6-16,19-20H,17-18,21H2,1-5H3,(H,31,32,36). The molecule has 4 aromatic rings. The van der Waals surface area contributed by atoms with Crippen LogP contribution in [0.1, 0.15) is 16.7 Å². The van der Waals surface area contributed by atoms with Crippen molar-refractivity contribution in [2.45, 2.75) is 25.7 Å². The van der Waals surface area contributed by atoms with Gasteiger partial charge in [0, 0.05) is 30.5 Å². The molecule has 1 N–H and O–H groups in total. The quantitative estimate of drug-likeness (QED) is 0.313. The smallest absolute Gasteiger partial charge is 0.243 e. The van der Waals surface area contributed by atoms with Gasteiger partial charge < -0.3 is 4.90 Å². The Kier molecular flexibility index (Phi) is 8.64. The molecule has 1 aromatic heterocycles. The van der Waals surface area contributed by atoms with E-state index < -0.39 is 15.9 Å². The van der Waals surface area contributed by atoms with Gasteiger partial charge in [0.1, 0.15) is 0 Å². The molecule has 204 valence electrons. The normalized spacial score (nSPS) is 11.8. The van der Waals surface area contributed by atoms with Crippen LogP contribution in [-0.4, -0.2) is 66.8 Å². The fourth-order valence-corrected chi connectivity index (χ4v) is 5.46. The molecule has 0 fully saturated rings. The minimum absolute atomic E-state index is 0.155. The Bertz CT molecular complexity index is 1550. The number of nitrogens with zero attached hydrogens (tertiary/aromatic N) is 4. The Morgan fingerprint density at radius 3 is 2.23 bits per heavy atom. The summed E-state index contributed by atoms with van der Waals surface area (Å²) in [5, 5.41) is 2.88. The van der Waals surface area contributed by atoms with Gasteiger partial charge in [0.25, 0.3) is 0 Å². The fraction of sp³-hybridized carbons (Fsp3) is 0.267. The fourth-order valence-electron chi connectivity index (χ4n) is 4.07. The maximum absolute atomic E-state index is 13.5. The van der Waals surface area contributed by atoms with Gasteiger partial charge in [-0.25, -0.2) is 13.4 Å². The number of benzene rings is 3. The summed E-state index contributed by atoms with van der Waals surface area (Å²) in [5.74, 6) is -0.151. The van der Waals surface area contributed by atoms with Gasteiger partial charge in [0.05, 0.1) is 17.1 Å². The van der Waals surface area contributed by atoms with Gasteiger partial charge in [-0.15, -0.1) is 0 Å². The number of carbonyl (C=O) groups is 1. The van der Waals surface area contributed by atoms with Crippen molar-refractivity contribution in [3.8, 4) is 16.9 Å². The first-order valence-electron chi connectivity index (χ1n) is 12.8. The lowest BCUT2D eigenvalue weighted by Gasteiger charge is -2.23. The highest BCUT2D eigenvalue weighted by Crippen LogP contribution is 2.26. The highest BCUT2D eigenvalue weighted by atomic mass is 32.2. The van der Waals surface area contributed by atoms with Gasteiger partial charge in [-0.3, -0.25) is 14.7 Å². The van der Waals surface area contributed by atoms with Crippen molar-refractivity contribution in [2.75, 3.05) is 39.0 Å². The monoisotopic (exact) mass is 545 g/mol. The number of nitrogens with one attached hydrogen (secondary N) is 1. The van der Waals surface area contributed by atoms with E-state index in [1.807, 2.05) is 99.1 Å². The van der Waals surface area contributed by atoms with Gasteiger partial charge >= 0.3 is 0 Å². The zero-order valence-electron chi connectivity index (χ0n) is 23.0. The number of carbonyl (C=O) groups excluding carboxylic acids is 1. The zero-order valence-corrected chi connectivity index (χ0v) is 23.9. The van der Waals surface area contributed by atoms with Crippen molar-refractivity contribution >= 4 is 21.9 Å². The minimum atomic E-state index is -3.89. The first-order chi connectivity index (χ1) is 18.5. The topological polar surface area (TPSA) is 87.5 Å². The van der Waals surface area contributed by atoms with Crippen LogP contribution in [0.3, 0.4) is 0 Å². The molecule has 39 heavy (non-hydrogen) atoms. The average molecular weight is 546 g/mol. The largest absolute Gasteiger partial charge is 0.308 e. The first kappa shape index (κ1) is 28.2. The summed E-state index contributed by atoms with van der Waals surface area (Å²) in [6.45, 7) is 6.26. The van der Waals surface area contributed by atoms with Crippen molar-refractivity contribution in [1.29, 1.82) is 0 Å². The van der Waals surface area contributed by atoms with Crippen LogP contribution in [0, 0.1) is 20.8 Å². The number of likely N-dealkylation sites (N-methyl/N-ethyl adjacent to an activating group) is 1. The van der Waals surface area contributed by atoms with Crippen LogP contribution in [0.15, 0.2) is 83.9 Å². The second-order valence-corrected chi connectivity index (χ2v) is 11.9. The second-order valence-electron chi connectivity index (χ2n) is 9.96. The van der Waals surface area contributed by atoms with Crippen molar-refractivity contribution < 1.29 is 13.2 Å². The van der Waals surface area contributed by atoms with E-state index in [-0.39, 0.29) is 18.0 Å². The number of hydrogen-bond acceptors (Lipinski definition) is 5. The Morgan fingerprint density at radius 2 is 1.59 bits per heavy atom. The molecule has 1 amide bonds. The summed E-state index contributed by atoms with van der Waals surface area (Å²) < 4.78 is 30.0. The average Bonchev–Trinajstić information content (AvgIpc) is 3.32. The summed E-state index contributed by atoms with van der Waals surface area (Å²) >= 11 is 0. The van der Waals surface area contributed by atoms with Crippen LogP contribution in [0.5, 0.6) is 0 Å². The van der Waals surface area contributed by atoms with Crippen molar-refractivity contribution in [1.82, 2.24) is 18.8 Å². The number of sulfonamides is 1. The number of aryl methyl sites for hydroxylation is 3. The highest BCUT2D eigenvalue weighted by Gasteiger charge is 2.27. The molecule has 8 nitrogen and oxygen atoms in total. The number of anilines is 1. The SMILES string of the molecule is Cc1ccc(S(=O)(=O)N(CCN(C)C)CC(=O)Nc2nc(-c3ccccc3)cn2-c2ccc(C)c(C)c2)cc1. The van der Waals surface area contributed by atoms with Crippen LogP contribution >= 0.6 is 0 Å². The maximum Gasteiger partial charge on any atom is 0.243 e. The Balaban J connectivity index is 1.66. The second kappa shape index (κ2) is 11.9. The van der Waals surface area contributed by atoms with Crippen LogP contribution in [0.2, 0.25) is 0 Å². The lowest BCUT2D eigenvalue weighted by Crippen LogP contribution is -2.41. The molecule has 0 spiro atoms. The summed E-state index contributed by atoms with van der Waals surface area (Å²) in [4.78, 5) is 20.1. The van der Waals surface area contributed by atoms with E-state index in [4.69, 9.17) is 4.98 Å². The summed E-state index contributed by atoms with van der Waals surface area (Å²) in [7, 11) is -0.166. The number of hydrogen-bond donors (Lipinski definition) is 1. The lowest BCUT2D eigenvalue weighted by atomic mass is 10.1. The van der Waals surface area contributed by atoms with Gasteiger partial charge in [0.15, 0.2) is 0 Å². The third kappa shape index (κ3) is 6.81. The molecule has 0 saturated carbocycles. The van der Waals surface area contributed by atoms with E-state index in [0.717, 1.165) is 27.9 Å². The highest BCUT2D eigenvalue weighted by molar-refractivity contribution is 7.89. The summed E-state index contributed by atoms with van der Waals surface area (Å²) in [5.41, 5.74) is 5.68. The van der Waals surface area contributed by atoms with Crippen molar-refractivity contribution in [3.63, 3.8) is 0 Å². The molecule has 0 atom stereocenters. The van der Waals surface area contributed by atoms with Crippen LogP contribution < -0.4 is 5.32 Å². The molecule has 0 aliphatic carbocycles. The van der Waals surface area contributed by atoms with E-state index in [1.54, 1.807) is 24.3 Å². The molecule has 0 radical (unpaired) electrons. The molecule has 9 heteroatoms. The number of imidazole rings is 1. The van der Waals surface area contributed by atoms with E-state index in [0.29, 0.717) is 18.2 Å². The third-order valence-corrected chi connectivity index (χ3v) is 8.43. The van der Waals surface area contributed by atoms with Gasteiger partial charge in [0.2, 0.25) is 21.9 Å². The number of rotatable bonds is 10. The maximum atomic E-state index is 13.5. The first-order valence-corrected chi connectivity index (χ1v) is 14.2. The molecule has 0 aliphatic heterocycles. The van der Waals surface area contributed by atoms with Gasteiger partial charge in [-0.05, 0) is 70.3 Å². The zero-order chi connectivity index (χ0) is 28.2. The Labute approximate surface area is 231 Å². The summed E-state index contributed by atoms with van der Waals surface area (Å²) in [6.07, 6.45) is 1.88. The predicted molar refractivity (Wildman–Crippen MR) is 156 cm³/mol. The van der Waals surface area contributed by atoms with Crippen LogP contribution in [-0.2, 0) is 14.8 Å². The van der Waals surface area contributed by atoms with Gasteiger partial charge in [-0.1, -0.05) is 54.1 Å². The predicted octanol–water partition coefficient (Wildman–Crippen LogP) is 4.66. The molecule has 0 aliphatic rings.